The highest BCUT2D eigenvalue weighted by Gasteiger charge is 2.15. The van der Waals surface area contributed by atoms with Gasteiger partial charge in [0.15, 0.2) is 0 Å². The summed E-state index contributed by atoms with van der Waals surface area (Å²) in [5.74, 6) is -0.158. The number of hydrogen-bond donors (Lipinski definition) is 1. The van der Waals surface area contributed by atoms with E-state index in [4.69, 9.17) is 4.74 Å². The van der Waals surface area contributed by atoms with Crippen LogP contribution in [0.25, 0.3) is 10.6 Å². The summed E-state index contributed by atoms with van der Waals surface area (Å²) in [6.07, 6.45) is 1.44. The Morgan fingerprint density at radius 2 is 2.07 bits per heavy atom. The van der Waals surface area contributed by atoms with Crippen molar-refractivity contribution >= 4 is 44.2 Å². The largest absolute Gasteiger partial charge is 0.383 e. The summed E-state index contributed by atoms with van der Waals surface area (Å²) >= 11 is 4.74. The number of amides is 2. The number of rotatable bonds is 10. The van der Waals surface area contributed by atoms with E-state index in [0.29, 0.717) is 31.2 Å². The molecule has 1 N–H and O–H groups in total. The Morgan fingerprint density at radius 3 is 2.78 bits per heavy atom. The number of benzene rings is 1. The van der Waals surface area contributed by atoms with Gasteiger partial charge >= 0.3 is 0 Å². The number of carbonyl (C=O) groups excluding carboxylic acids is 2. The number of methoxy groups -OCH3 is 1. The van der Waals surface area contributed by atoms with E-state index in [1.807, 2.05) is 31.2 Å². The maximum Gasteiger partial charge on any atom is 0.227 e. The highest BCUT2D eigenvalue weighted by Crippen LogP contribution is 2.28. The summed E-state index contributed by atoms with van der Waals surface area (Å²) < 4.78 is 5.99. The van der Waals surface area contributed by atoms with Gasteiger partial charge < -0.3 is 15.0 Å². The van der Waals surface area contributed by atoms with Gasteiger partial charge in [0.1, 0.15) is 5.01 Å². The summed E-state index contributed by atoms with van der Waals surface area (Å²) in [7, 11) is 1.59. The van der Waals surface area contributed by atoms with E-state index in [0.717, 1.165) is 21.5 Å². The van der Waals surface area contributed by atoms with Crippen molar-refractivity contribution < 1.29 is 14.3 Å². The molecule has 1 aromatic heterocycles. The summed E-state index contributed by atoms with van der Waals surface area (Å²) in [4.78, 5) is 26.0. The van der Waals surface area contributed by atoms with Crippen LogP contribution in [0.3, 0.4) is 0 Å². The predicted molar refractivity (Wildman–Crippen MR) is 110 cm³/mol. The quantitative estimate of drug-likeness (QED) is 0.592. The summed E-state index contributed by atoms with van der Waals surface area (Å²) in [5.41, 5.74) is 0.929. The number of halogens is 1. The molecule has 0 aliphatic heterocycles. The number of nitrogens with zero attached hydrogens (tertiary/aromatic N) is 3. The lowest BCUT2D eigenvalue weighted by molar-refractivity contribution is -0.132. The summed E-state index contributed by atoms with van der Waals surface area (Å²) in [6.45, 7) is 3.24. The molecule has 146 valence electrons. The third kappa shape index (κ3) is 7.00. The molecule has 0 aliphatic rings. The highest BCUT2D eigenvalue weighted by molar-refractivity contribution is 9.10. The molecule has 0 saturated heterocycles. The second kappa shape index (κ2) is 11.1. The van der Waals surface area contributed by atoms with Crippen molar-refractivity contribution in [2.45, 2.75) is 26.2 Å². The van der Waals surface area contributed by atoms with E-state index in [9.17, 15) is 9.59 Å². The molecule has 1 heterocycles. The topological polar surface area (TPSA) is 84.4 Å². The van der Waals surface area contributed by atoms with E-state index in [1.165, 1.54) is 11.3 Å². The van der Waals surface area contributed by atoms with Crippen LogP contribution in [0.1, 0.15) is 26.2 Å². The fraction of sp³-hybridized carbons (Fsp3) is 0.444. The minimum Gasteiger partial charge on any atom is -0.383 e. The Hall–Kier alpha value is -1.84. The smallest absolute Gasteiger partial charge is 0.227 e. The fourth-order valence-electron chi connectivity index (χ4n) is 2.36. The number of aromatic nitrogens is 2. The van der Waals surface area contributed by atoms with Gasteiger partial charge in [0, 0.05) is 43.1 Å². The first-order chi connectivity index (χ1) is 13.0. The van der Waals surface area contributed by atoms with Crippen molar-refractivity contribution in [1.29, 1.82) is 0 Å². The molecular weight excluding hydrogens is 432 g/mol. The standard InChI is InChI=1S/C18H23BrN4O3S/c1-3-5-16(25)23(10-11-26-2)9-8-15(24)20-18-22-21-17(27-18)13-6-4-7-14(19)12-13/h4,6-7,12H,3,5,8-11H2,1-2H3,(H,20,22,24). The number of carbonyl (C=O) groups is 2. The van der Waals surface area contributed by atoms with Gasteiger partial charge in [-0.3, -0.25) is 9.59 Å². The molecule has 1 aromatic carbocycles. The molecule has 0 atom stereocenters. The van der Waals surface area contributed by atoms with Crippen LogP contribution in [-0.2, 0) is 14.3 Å². The Balaban J connectivity index is 1.90. The van der Waals surface area contributed by atoms with Gasteiger partial charge in [-0.2, -0.15) is 0 Å². The monoisotopic (exact) mass is 454 g/mol. The van der Waals surface area contributed by atoms with Crippen LogP contribution in [0.5, 0.6) is 0 Å². The lowest BCUT2D eigenvalue weighted by atomic mass is 10.2. The van der Waals surface area contributed by atoms with Gasteiger partial charge in [-0.1, -0.05) is 46.3 Å². The van der Waals surface area contributed by atoms with Crippen molar-refractivity contribution in [2.24, 2.45) is 0 Å². The van der Waals surface area contributed by atoms with E-state index in [2.05, 4.69) is 31.4 Å². The molecule has 27 heavy (non-hydrogen) atoms. The second-order valence-corrected chi connectivity index (χ2v) is 7.74. The lowest BCUT2D eigenvalue weighted by Gasteiger charge is -2.21. The molecule has 0 spiro atoms. The van der Waals surface area contributed by atoms with Gasteiger partial charge in [0.25, 0.3) is 0 Å². The molecule has 2 aromatic rings. The average Bonchev–Trinajstić information content (AvgIpc) is 3.10. The fourth-order valence-corrected chi connectivity index (χ4v) is 3.52. The van der Waals surface area contributed by atoms with Gasteiger partial charge in [-0.05, 0) is 18.6 Å². The van der Waals surface area contributed by atoms with Gasteiger partial charge in [-0.15, -0.1) is 10.2 Å². The number of nitrogens with one attached hydrogen (secondary N) is 1. The third-order valence-corrected chi connectivity index (χ3v) is 5.11. The summed E-state index contributed by atoms with van der Waals surface area (Å²) in [6, 6.07) is 7.73. The van der Waals surface area contributed by atoms with Crippen molar-refractivity contribution in [2.75, 3.05) is 32.1 Å². The second-order valence-electron chi connectivity index (χ2n) is 5.84. The first-order valence-corrected chi connectivity index (χ1v) is 10.3. The van der Waals surface area contributed by atoms with E-state index >= 15 is 0 Å². The van der Waals surface area contributed by atoms with Crippen molar-refractivity contribution in [3.8, 4) is 10.6 Å². The van der Waals surface area contributed by atoms with E-state index < -0.39 is 0 Å². The lowest BCUT2D eigenvalue weighted by Crippen LogP contribution is -2.36. The maximum atomic E-state index is 12.2. The molecule has 2 rings (SSSR count). The van der Waals surface area contributed by atoms with Crippen LogP contribution in [-0.4, -0.2) is 53.7 Å². The van der Waals surface area contributed by atoms with E-state index in [-0.39, 0.29) is 18.2 Å². The van der Waals surface area contributed by atoms with Crippen molar-refractivity contribution in [3.63, 3.8) is 0 Å². The van der Waals surface area contributed by atoms with Gasteiger partial charge in [-0.25, -0.2) is 0 Å². The Labute approximate surface area is 171 Å². The van der Waals surface area contributed by atoms with Crippen LogP contribution in [0.2, 0.25) is 0 Å². The maximum absolute atomic E-state index is 12.2. The minimum absolute atomic E-state index is 0.0372. The first kappa shape index (κ1) is 21.5. The third-order valence-electron chi connectivity index (χ3n) is 3.73. The van der Waals surface area contributed by atoms with E-state index in [1.54, 1.807) is 12.0 Å². The minimum atomic E-state index is -0.196. The van der Waals surface area contributed by atoms with Crippen LogP contribution < -0.4 is 5.32 Å². The molecule has 0 saturated carbocycles. The van der Waals surface area contributed by atoms with Crippen molar-refractivity contribution in [1.82, 2.24) is 15.1 Å². The SMILES string of the molecule is CCCC(=O)N(CCOC)CCC(=O)Nc1nnc(-c2cccc(Br)c2)s1. The van der Waals surface area contributed by atoms with Crippen molar-refractivity contribution in [3.05, 3.63) is 28.7 Å². The van der Waals surface area contributed by atoms with Crippen LogP contribution in [0.15, 0.2) is 28.7 Å². The molecule has 0 aliphatic carbocycles. The van der Waals surface area contributed by atoms with Gasteiger partial charge in [0.2, 0.25) is 16.9 Å². The van der Waals surface area contributed by atoms with Crippen LogP contribution in [0, 0.1) is 0 Å². The molecule has 0 fully saturated rings. The molecule has 2 amide bonds. The van der Waals surface area contributed by atoms with Gasteiger partial charge in [0.05, 0.1) is 6.61 Å². The highest BCUT2D eigenvalue weighted by atomic mass is 79.9. The molecule has 0 radical (unpaired) electrons. The number of anilines is 1. The first-order valence-electron chi connectivity index (χ1n) is 8.69. The Morgan fingerprint density at radius 1 is 1.26 bits per heavy atom. The zero-order chi connectivity index (χ0) is 19.6. The van der Waals surface area contributed by atoms with Crippen LogP contribution in [0.4, 0.5) is 5.13 Å². The zero-order valence-corrected chi connectivity index (χ0v) is 17.8. The number of hydrogen-bond acceptors (Lipinski definition) is 6. The molecule has 9 heteroatoms. The predicted octanol–water partition coefficient (Wildman–Crippen LogP) is 3.57. The van der Waals surface area contributed by atoms with Crippen LogP contribution >= 0.6 is 27.3 Å². The average molecular weight is 455 g/mol. The molecular formula is C18H23BrN4O3S. The zero-order valence-electron chi connectivity index (χ0n) is 15.4. The Bertz CT molecular complexity index is 769. The number of ether oxygens (including phenoxy) is 1. The molecule has 0 bridgehead atoms. The Kier molecular flexibility index (Phi) is 8.83. The normalized spacial score (nSPS) is 10.6. The summed E-state index contributed by atoms with van der Waals surface area (Å²) in [5, 5.41) is 12.1. The molecule has 7 nitrogen and oxygen atoms in total. The molecule has 0 unspecified atom stereocenters.